The van der Waals surface area contributed by atoms with E-state index >= 15 is 0 Å². The number of rotatable bonds is 12. The minimum absolute atomic E-state index is 0.765. The molecule has 3 heterocycles. The second kappa shape index (κ2) is 13.9. The molecule has 0 spiro atoms. The Bertz CT molecular complexity index is 2190. The normalized spacial score (nSPS) is 11.5. The molecule has 0 aliphatic rings. The first-order valence-electron chi connectivity index (χ1n) is 17.5. The van der Waals surface area contributed by atoms with E-state index in [1.165, 1.54) is 70.6 Å². The largest absolute Gasteiger partial charge is 0.457 e. The van der Waals surface area contributed by atoms with Crippen molar-refractivity contribution in [1.29, 1.82) is 0 Å². The summed E-state index contributed by atoms with van der Waals surface area (Å²) in [6.07, 6.45) is 10.1. The van der Waals surface area contributed by atoms with Crippen molar-refractivity contribution in [3.05, 3.63) is 132 Å². The predicted molar refractivity (Wildman–Crippen MR) is 199 cm³/mol. The van der Waals surface area contributed by atoms with E-state index in [9.17, 15) is 0 Å². The van der Waals surface area contributed by atoms with Crippen LogP contribution >= 0.6 is 0 Å². The van der Waals surface area contributed by atoms with Crippen molar-refractivity contribution in [2.24, 2.45) is 0 Å². The first-order chi connectivity index (χ1) is 23.5. The van der Waals surface area contributed by atoms with Crippen molar-refractivity contribution in [3.63, 3.8) is 0 Å². The van der Waals surface area contributed by atoms with Gasteiger partial charge in [-0.2, -0.15) is 5.10 Å². The zero-order valence-electron chi connectivity index (χ0n) is 28.5. The molecule has 48 heavy (non-hydrogen) atoms. The van der Waals surface area contributed by atoms with Crippen molar-refractivity contribution in [2.75, 3.05) is 0 Å². The number of fused-ring (bicyclic) bond motifs is 3. The van der Waals surface area contributed by atoms with Crippen LogP contribution in [0.2, 0.25) is 0 Å². The molecular weight excluding hydrogens is 589 g/mol. The molecule has 5 heteroatoms. The third-order valence-corrected chi connectivity index (χ3v) is 9.38. The van der Waals surface area contributed by atoms with Crippen LogP contribution in [-0.2, 0) is 12.8 Å². The molecule has 7 rings (SSSR count). The molecule has 5 nitrogen and oxygen atoms in total. The number of unbranched alkanes of at least 4 members (excludes halogenated alkanes) is 3. The number of nitrogens with zero attached hydrogens (tertiary/aromatic N) is 4. The van der Waals surface area contributed by atoms with Gasteiger partial charge in [-0.25, -0.2) is 9.67 Å². The molecule has 0 saturated carbocycles. The van der Waals surface area contributed by atoms with Crippen molar-refractivity contribution < 1.29 is 4.74 Å². The summed E-state index contributed by atoms with van der Waals surface area (Å²) in [4.78, 5) is 4.88. The molecule has 0 aliphatic carbocycles. The lowest BCUT2D eigenvalue weighted by Crippen LogP contribution is -2.00. The molecule has 0 unspecified atom stereocenters. The van der Waals surface area contributed by atoms with Gasteiger partial charge in [-0.15, -0.1) is 0 Å². The van der Waals surface area contributed by atoms with Gasteiger partial charge >= 0.3 is 0 Å². The van der Waals surface area contributed by atoms with E-state index in [1.54, 1.807) is 0 Å². The van der Waals surface area contributed by atoms with Crippen molar-refractivity contribution in [2.45, 2.75) is 72.6 Å². The van der Waals surface area contributed by atoms with Gasteiger partial charge in [-0.05, 0) is 105 Å². The Labute approximate surface area is 283 Å². The first kappa shape index (κ1) is 31.4. The molecule has 0 amide bonds. The minimum Gasteiger partial charge on any atom is -0.457 e. The molecule has 0 atom stereocenters. The fourth-order valence-electron chi connectivity index (χ4n) is 6.94. The summed E-state index contributed by atoms with van der Waals surface area (Å²) in [6.45, 7) is 8.70. The predicted octanol–water partition coefficient (Wildman–Crippen LogP) is 11.5. The molecule has 3 aromatic heterocycles. The Hall–Kier alpha value is -5.16. The summed E-state index contributed by atoms with van der Waals surface area (Å²) in [7, 11) is 0. The Balaban J connectivity index is 1.27. The van der Waals surface area contributed by atoms with Crippen LogP contribution in [0.25, 0.3) is 44.4 Å². The highest BCUT2D eigenvalue weighted by Crippen LogP contribution is 2.36. The highest BCUT2D eigenvalue weighted by molar-refractivity contribution is 6.09. The van der Waals surface area contributed by atoms with Crippen LogP contribution in [0.4, 0.5) is 0 Å². The summed E-state index contributed by atoms with van der Waals surface area (Å²) in [6, 6.07) is 36.5. The molecule has 0 saturated heterocycles. The molecule has 0 radical (unpaired) electrons. The topological polar surface area (TPSA) is 44.9 Å². The SMILES string of the molecule is CCCCCc1ccc2c(c1)c1ccc(Oc3cccc(-n4nc(C)c(-c5ccccc5)c4C)c3)cc1n2-c1cc(CCCC)ccn1. The Morgan fingerprint density at radius 2 is 1.44 bits per heavy atom. The van der Waals surface area contributed by atoms with E-state index in [0.29, 0.717) is 0 Å². The maximum atomic E-state index is 6.59. The van der Waals surface area contributed by atoms with Gasteiger partial charge in [0.15, 0.2) is 0 Å². The molecule has 0 bridgehead atoms. The number of benzene rings is 4. The van der Waals surface area contributed by atoms with E-state index in [-0.39, 0.29) is 0 Å². The summed E-state index contributed by atoms with van der Waals surface area (Å²) in [5, 5.41) is 7.39. The lowest BCUT2D eigenvalue weighted by atomic mass is 10.0. The van der Waals surface area contributed by atoms with E-state index in [0.717, 1.165) is 52.8 Å². The number of pyridine rings is 1. The molecule has 7 aromatic rings. The third-order valence-electron chi connectivity index (χ3n) is 9.38. The molecule has 4 aromatic carbocycles. The van der Waals surface area contributed by atoms with Gasteiger partial charge in [0.25, 0.3) is 0 Å². The van der Waals surface area contributed by atoms with Gasteiger partial charge in [0.05, 0.1) is 22.4 Å². The summed E-state index contributed by atoms with van der Waals surface area (Å²) < 4.78 is 10.9. The number of hydrogen-bond donors (Lipinski definition) is 0. The molecule has 0 aliphatic heterocycles. The number of aromatic nitrogens is 4. The van der Waals surface area contributed by atoms with Crippen LogP contribution in [0, 0.1) is 13.8 Å². The van der Waals surface area contributed by atoms with Crippen LogP contribution in [0.15, 0.2) is 109 Å². The fourth-order valence-corrected chi connectivity index (χ4v) is 6.94. The number of hydrogen-bond acceptors (Lipinski definition) is 3. The molecule has 0 fully saturated rings. The fraction of sp³-hybridized carbons (Fsp3) is 0.256. The van der Waals surface area contributed by atoms with Gasteiger partial charge in [0, 0.05) is 40.4 Å². The Morgan fingerprint density at radius 3 is 2.27 bits per heavy atom. The zero-order chi connectivity index (χ0) is 33.0. The number of ether oxygens (including phenoxy) is 1. The van der Waals surface area contributed by atoms with E-state index in [1.807, 2.05) is 29.1 Å². The maximum Gasteiger partial charge on any atom is 0.137 e. The number of aryl methyl sites for hydroxylation is 3. The standard InChI is InChI=1S/C43H44N4O/c1-5-7-10-15-32-20-23-40-39(26-32)38-22-21-37(29-41(38)46(40)42-27-33(14-8-6-2)24-25-44-42)48-36-19-13-18-35(28-36)47-31(4)43(30(3)45-47)34-16-11-9-12-17-34/h9,11-13,16-29H,5-8,10,14-15H2,1-4H3. The summed E-state index contributed by atoms with van der Waals surface area (Å²) in [5.74, 6) is 2.49. The van der Waals surface area contributed by atoms with Gasteiger partial charge in [-0.1, -0.05) is 75.6 Å². The smallest absolute Gasteiger partial charge is 0.137 e. The Kier molecular flexibility index (Phi) is 9.11. The second-order valence-electron chi connectivity index (χ2n) is 12.9. The van der Waals surface area contributed by atoms with Gasteiger partial charge in [0.2, 0.25) is 0 Å². The summed E-state index contributed by atoms with van der Waals surface area (Å²) in [5.41, 5.74) is 10.4. The zero-order valence-corrected chi connectivity index (χ0v) is 28.5. The second-order valence-corrected chi connectivity index (χ2v) is 12.9. The third kappa shape index (κ3) is 6.25. The van der Waals surface area contributed by atoms with E-state index < -0.39 is 0 Å². The van der Waals surface area contributed by atoms with E-state index in [4.69, 9.17) is 14.8 Å². The van der Waals surface area contributed by atoms with Crippen molar-refractivity contribution >= 4 is 21.8 Å². The van der Waals surface area contributed by atoms with Crippen LogP contribution in [0.3, 0.4) is 0 Å². The lowest BCUT2D eigenvalue weighted by molar-refractivity contribution is 0.482. The van der Waals surface area contributed by atoms with E-state index in [2.05, 4.69) is 117 Å². The van der Waals surface area contributed by atoms with Crippen LogP contribution < -0.4 is 4.74 Å². The van der Waals surface area contributed by atoms with Crippen LogP contribution in [0.1, 0.15) is 68.5 Å². The molecule has 242 valence electrons. The minimum atomic E-state index is 0.765. The van der Waals surface area contributed by atoms with Gasteiger partial charge < -0.3 is 4.74 Å². The lowest BCUT2D eigenvalue weighted by Gasteiger charge is -2.11. The highest BCUT2D eigenvalue weighted by Gasteiger charge is 2.17. The molecule has 0 N–H and O–H groups in total. The summed E-state index contributed by atoms with van der Waals surface area (Å²) >= 11 is 0. The van der Waals surface area contributed by atoms with Crippen molar-refractivity contribution in [3.8, 4) is 34.1 Å². The average Bonchev–Trinajstić information content (AvgIpc) is 3.60. The van der Waals surface area contributed by atoms with Gasteiger partial charge in [-0.3, -0.25) is 4.57 Å². The quantitative estimate of drug-likeness (QED) is 0.126. The van der Waals surface area contributed by atoms with Crippen LogP contribution in [0.5, 0.6) is 11.5 Å². The van der Waals surface area contributed by atoms with Crippen LogP contribution in [-0.4, -0.2) is 19.3 Å². The Morgan fingerprint density at radius 1 is 0.646 bits per heavy atom. The highest BCUT2D eigenvalue weighted by atomic mass is 16.5. The average molecular weight is 633 g/mol. The first-order valence-corrected chi connectivity index (χ1v) is 17.5. The van der Waals surface area contributed by atoms with Gasteiger partial charge in [0.1, 0.15) is 17.3 Å². The molecular formula is C43H44N4O. The van der Waals surface area contributed by atoms with Crippen molar-refractivity contribution in [1.82, 2.24) is 19.3 Å². The monoisotopic (exact) mass is 632 g/mol. The maximum absolute atomic E-state index is 6.59.